The maximum atomic E-state index is 12.3. The largest absolute Gasteiger partial charge is 0.396 e. The van der Waals surface area contributed by atoms with Crippen LogP contribution in [0, 0.1) is 11.8 Å². The molecule has 0 aliphatic heterocycles. The van der Waals surface area contributed by atoms with Crippen molar-refractivity contribution in [2.24, 2.45) is 5.73 Å². The number of nitrogens with two attached hydrogens (primary N) is 1. The highest BCUT2D eigenvalue weighted by Gasteiger charge is 2.20. The highest BCUT2D eigenvalue weighted by atomic mass is 16.3. The quantitative estimate of drug-likeness (QED) is 0.338. The lowest BCUT2D eigenvalue weighted by molar-refractivity contribution is 0.0961. The molecule has 34 heavy (non-hydrogen) atoms. The van der Waals surface area contributed by atoms with Crippen LogP contribution in [-0.4, -0.2) is 35.6 Å². The van der Waals surface area contributed by atoms with E-state index >= 15 is 0 Å². The Morgan fingerprint density at radius 2 is 1.74 bits per heavy atom. The van der Waals surface area contributed by atoms with Gasteiger partial charge in [0.2, 0.25) is 5.91 Å². The van der Waals surface area contributed by atoms with Gasteiger partial charge in [0.05, 0.1) is 6.61 Å². The smallest absolute Gasteiger partial charge is 0.251 e. The molecule has 1 aromatic heterocycles. The van der Waals surface area contributed by atoms with Gasteiger partial charge in [-0.15, -0.1) is 0 Å². The average Bonchev–Trinajstić information content (AvgIpc) is 3.28. The van der Waals surface area contributed by atoms with Crippen LogP contribution in [-0.2, 0) is 6.42 Å². The predicted molar refractivity (Wildman–Crippen MR) is 133 cm³/mol. The number of aromatic amines is 1. The van der Waals surface area contributed by atoms with E-state index in [0.29, 0.717) is 28.7 Å². The summed E-state index contributed by atoms with van der Waals surface area (Å²) < 4.78 is 0. The first-order chi connectivity index (χ1) is 16.5. The molecule has 1 atom stereocenters. The molecule has 0 bridgehead atoms. The number of H-pyrrole nitrogens is 1. The molecule has 0 radical (unpaired) electrons. The molecule has 4 rings (SSSR count). The third kappa shape index (κ3) is 4.85. The van der Waals surface area contributed by atoms with Crippen LogP contribution in [0.1, 0.15) is 48.9 Å². The molecule has 3 aromatic carbocycles. The number of benzene rings is 3. The van der Waals surface area contributed by atoms with E-state index in [1.807, 2.05) is 42.6 Å². The minimum absolute atomic E-state index is 0.123. The Morgan fingerprint density at radius 1 is 1.03 bits per heavy atom. The van der Waals surface area contributed by atoms with E-state index in [1.165, 1.54) is 0 Å². The van der Waals surface area contributed by atoms with Crippen LogP contribution in [0.15, 0.2) is 72.9 Å². The topological polar surface area (TPSA) is 108 Å². The third-order valence-electron chi connectivity index (χ3n) is 5.85. The molecule has 170 valence electrons. The van der Waals surface area contributed by atoms with Gasteiger partial charge in [-0.1, -0.05) is 36.1 Å². The molecule has 0 unspecified atom stereocenters. The lowest BCUT2D eigenvalue weighted by atomic mass is 9.88. The molecule has 4 aromatic rings. The molecule has 6 nitrogen and oxygen atoms in total. The van der Waals surface area contributed by atoms with Crippen LogP contribution in [0.2, 0.25) is 0 Å². The van der Waals surface area contributed by atoms with Crippen molar-refractivity contribution >= 4 is 22.7 Å². The average molecular weight is 452 g/mol. The molecular weight excluding hydrogens is 426 g/mol. The number of hydrogen-bond acceptors (Lipinski definition) is 3. The van der Waals surface area contributed by atoms with E-state index in [0.717, 1.165) is 22.0 Å². The summed E-state index contributed by atoms with van der Waals surface area (Å²) in [5.41, 5.74) is 10.8. The molecule has 1 heterocycles. The highest BCUT2D eigenvalue weighted by molar-refractivity contribution is 5.95. The van der Waals surface area contributed by atoms with Crippen molar-refractivity contribution in [3.05, 3.63) is 106 Å². The summed E-state index contributed by atoms with van der Waals surface area (Å²) in [6, 6.07) is 20.2. The number of para-hydroxylation sites is 1. The number of primary amides is 1. The van der Waals surface area contributed by atoms with Crippen LogP contribution >= 0.6 is 0 Å². The first-order valence-corrected chi connectivity index (χ1v) is 10.9. The molecular formula is C28H25N3O3. The monoisotopic (exact) mass is 451 g/mol. The lowest BCUT2D eigenvalue weighted by Crippen LogP contribution is -2.18. The standard InChI is InChI=1S/C28H25N3O3/c1-30-28(34)20-11-8-18(9-12-20)6-7-19-10-13-23(25(14-19)27(29)33)22(17-32)15-21-16-31-26-5-3-2-4-24(21)26/h2-5,8-14,16,22,31-32H,15,17H2,1H3,(H2,29,33)(H,30,34)/t22-/m0/s1. The first kappa shape index (κ1) is 22.8. The van der Waals surface area contributed by atoms with Crippen molar-refractivity contribution in [1.29, 1.82) is 0 Å². The Hall–Kier alpha value is -4.34. The minimum Gasteiger partial charge on any atom is -0.396 e. The number of nitrogens with one attached hydrogen (secondary N) is 2. The number of hydrogen-bond donors (Lipinski definition) is 4. The van der Waals surface area contributed by atoms with Crippen molar-refractivity contribution < 1.29 is 14.7 Å². The Labute approximate surface area is 197 Å². The van der Waals surface area contributed by atoms with E-state index in [9.17, 15) is 14.7 Å². The van der Waals surface area contributed by atoms with Crippen LogP contribution < -0.4 is 11.1 Å². The van der Waals surface area contributed by atoms with Gasteiger partial charge in [-0.2, -0.15) is 0 Å². The third-order valence-corrected chi connectivity index (χ3v) is 5.85. The number of fused-ring (bicyclic) bond motifs is 1. The Balaban J connectivity index is 1.61. The lowest BCUT2D eigenvalue weighted by Gasteiger charge is -2.17. The molecule has 5 N–H and O–H groups in total. The highest BCUT2D eigenvalue weighted by Crippen LogP contribution is 2.28. The van der Waals surface area contributed by atoms with E-state index in [2.05, 4.69) is 22.1 Å². The normalized spacial score (nSPS) is 11.5. The molecule has 0 aliphatic carbocycles. The Morgan fingerprint density at radius 3 is 2.44 bits per heavy atom. The Kier molecular flexibility index (Phi) is 6.77. The summed E-state index contributed by atoms with van der Waals surface area (Å²) in [5.74, 6) is 5.08. The summed E-state index contributed by atoms with van der Waals surface area (Å²) in [4.78, 5) is 27.2. The van der Waals surface area contributed by atoms with Crippen molar-refractivity contribution in [2.75, 3.05) is 13.7 Å². The summed E-state index contributed by atoms with van der Waals surface area (Å²) >= 11 is 0. The van der Waals surface area contributed by atoms with Crippen LogP contribution in [0.5, 0.6) is 0 Å². The van der Waals surface area contributed by atoms with E-state index in [1.54, 1.807) is 37.4 Å². The fourth-order valence-electron chi connectivity index (χ4n) is 4.04. The summed E-state index contributed by atoms with van der Waals surface area (Å²) in [5, 5.41) is 13.8. The van der Waals surface area contributed by atoms with Gasteiger partial charge in [0.15, 0.2) is 0 Å². The number of aromatic nitrogens is 1. The van der Waals surface area contributed by atoms with Gasteiger partial charge >= 0.3 is 0 Å². The number of aliphatic hydroxyl groups excluding tert-OH is 1. The molecule has 0 aliphatic rings. The number of aliphatic hydroxyl groups is 1. The van der Waals surface area contributed by atoms with Crippen molar-refractivity contribution in [2.45, 2.75) is 12.3 Å². The second-order valence-corrected chi connectivity index (χ2v) is 8.02. The second-order valence-electron chi connectivity index (χ2n) is 8.02. The van der Waals surface area contributed by atoms with Gasteiger partial charge in [0.25, 0.3) is 5.91 Å². The molecule has 0 fully saturated rings. The van der Waals surface area contributed by atoms with E-state index < -0.39 is 5.91 Å². The second kappa shape index (κ2) is 10.1. The number of rotatable bonds is 6. The predicted octanol–water partition coefficient (Wildman–Crippen LogP) is 3.34. The number of carbonyl (C=O) groups excluding carboxylic acids is 2. The van der Waals surface area contributed by atoms with E-state index in [4.69, 9.17) is 5.73 Å². The van der Waals surface area contributed by atoms with Gasteiger partial charge in [-0.05, 0) is 60.0 Å². The molecule has 0 spiro atoms. The SMILES string of the molecule is CNC(=O)c1ccc(C#Cc2ccc([C@H](CO)Cc3c[nH]c4ccccc34)c(C(N)=O)c2)cc1. The maximum Gasteiger partial charge on any atom is 0.251 e. The number of carbonyl (C=O) groups is 2. The van der Waals surface area contributed by atoms with Crippen molar-refractivity contribution in [3.8, 4) is 11.8 Å². The molecule has 0 saturated heterocycles. The Bertz CT molecular complexity index is 1410. The number of amides is 2. The van der Waals surface area contributed by atoms with Crippen LogP contribution in [0.3, 0.4) is 0 Å². The summed E-state index contributed by atoms with van der Waals surface area (Å²) in [6.45, 7) is -0.123. The van der Waals surface area contributed by atoms with Gasteiger partial charge in [-0.3, -0.25) is 9.59 Å². The fraction of sp³-hybridized carbons (Fsp3) is 0.143. The zero-order chi connectivity index (χ0) is 24.1. The van der Waals surface area contributed by atoms with Crippen molar-refractivity contribution in [1.82, 2.24) is 10.3 Å². The molecule has 6 heteroatoms. The van der Waals surface area contributed by atoms with Gasteiger partial charge < -0.3 is 21.1 Å². The van der Waals surface area contributed by atoms with Crippen LogP contribution in [0.25, 0.3) is 10.9 Å². The van der Waals surface area contributed by atoms with Gasteiger partial charge in [-0.25, -0.2) is 0 Å². The van der Waals surface area contributed by atoms with Crippen LogP contribution in [0.4, 0.5) is 0 Å². The zero-order valence-corrected chi connectivity index (χ0v) is 18.8. The fourth-order valence-corrected chi connectivity index (χ4v) is 4.04. The maximum absolute atomic E-state index is 12.3. The minimum atomic E-state index is -0.564. The summed E-state index contributed by atoms with van der Waals surface area (Å²) in [6.07, 6.45) is 2.50. The van der Waals surface area contributed by atoms with E-state index in [-0.39, 0.29) is 18.4 Å². The molecule has 2 amide bonds. The van der Waals surface area contributed by atoms with Gasteiger partial charge in [0, 0.05) is 52.3 Å². The molecule has 0 saturated carbocycles. The first-order valence-electron chi connectivity index (χ1n) is 10.9. The van der Waals surface area contributed by atoms with Crippen molar-refractivity contribution in [3.63, 3.8) is 0 Å². The van der Waals surface area contributed by atoms with Gasteiger partial charge in [0.1, 0.15) is 0 Å². The zero-order valence-electron chi connectivity index (χ0n) is 18.8. The summed E-state index contributed by atoms with van der Waals surface area (Å²) in [7, 11) is 1.58.